The second-order valence-corrected chi connectivity index (χ2v) is 23.8. The maximum Gasteiger partial charge on any atom is 0.330 e. The van der Waals surface area contributed by atoms with Gasteiger partial charge >= 0.3 is 11.4 Å². The zero-order valence-electron chi connectivity index (χ0n) is 40.7. The molecule has 4 heterocycles. The molecular weight excluding hydrogens is 915 g/mol. The molecule has 0 unspecified atom stereocenters. The third-order valence-corrected chi connectivity index (χ3v) is 19.0. The molecular formula is C56H61N5O9Si. The number of H-pyrrole nitrogens is 2. The molecule has 2 aromatic heterocycles. The second kappa shape index (κ2) is 21.0. The van der Waals surface area contributed by atoms with Crippen molar-refractivity contribution in [1.82, 2.24) is 24.6 Å². The molecule has 2 aliphatic heterocycles. The molecule has 71 heavy (non-hydrogen) atoms. The van der Waals surface area contributed by atoms with Gasteiger partial charge in [-0.3, -0.25) is 33.5 Å². The SMILES string of the molecule is Cc1cn([C@H]2C[C@H](CNOC[C@H]3O[C@@H](n4cc(C)c(=O)[nH]c4=O)C[C@@H]3O[Si](c3ccccc3)(c3ccccc3)C(C)(C)C)[C@@H](COC(c3ccccc3)(c3ccccc3)c3ccccc3)O2)c(=O)[nH]c1=O. The average molecular weight is 976 g/mol. The van der Waals surface area contributed by atoms with E-state index in [0.29, 0.717) is 24.0 Å². The first-order valence-electron chi connectivity index (χ1n) is 24.2. The van der Waals surface area contributed by atoms with Crippen molar-refractivity contribution in [2.24, 2.45) is 5.92 Å². The number of benzene rings is 5. The third-order valence-electron chi connectivity index (χ3n) is 13.9. The fourth-order valence-corrected chi connectivity index (χ4v) is 15.0. The van der Waals surface area contributed by atoms with Crippen LogP contribution >= 0.6 is 0 Å². The van der Waals surface area contributed by atoms with Crippen LogP contribution in [0, 0.1) is 19.8 Å². The van der Waals surface area contributed by atoms with Crippen LogP contribution in [0.1, 0.15) is 73.9 Å². The van der Waals surface area contributed by atoms with Crippen LogP contribution < -0.4 is 38.4 Å². The van der Waals surface area contributed by atoms with E-state index in [-0.39, 0.29) is 30.7 Å². The third kappa shape index (κ3) is 10.0. The first kappa shape index (κ1) is 49.4. The van der Waals surface area contributed by atoms with Crippen molar-refractivity contribution < 1.29 is 23.5 Å². The van der Waals surface area contributed by atoms with Crippen LogP contribution in [0.4, 0.5) is 0 Å². The van der Waals surface area contributed by atoms with Gasteiger partial charge in [-0.05, 0) is 52.4 Å². The lowest BCUT2D eigenvalue weighted by atomic mass is 9.80. The quantitative estimate of drug-likeness (QED) is 0.0404. The molecule has 368 valence electrons. The van der Waals surface area contributed by atoms with Crippen molar-refractivity contribution in [3.8, 4) is 0 Å². The maximum atomic E-state index is 13.4. The van der Waals surface area contributed by atoms with Crippen molar-refractivity contribution in [3.63, 3.8) is 0 Å². The number of hydrogen-bond acceptors (Lipinski definition) is 10. The Morgan fingerprint density at radius 2 is 1.01 bits per heavy atom. The summed E-state index contributed by atoms with van der Waals surface area (Å²) < 4.78 is 31.3. The minimum absolute atomic E-state index is 0.0341. The van der Waals surface area contributed by atoms with Crippen molar-refractivity contribution >= 4 is 18.7 Å². The molecule has 6 atom stereocenters. The van der Waals surface area contributed by atoms with Crippen LogP contribution in [0.3, 0.4) is 0 Å². The van der Waals surface area contributed by atoms with Gasteiger partial charge < -0.3 is 18.6 Å². The number of nitrogens with zero attached hydrogens (tertiary/aromatic N) is 2. The first-order chi connectivity index (χ1) is 34.3. The van der Waals surface area contributed by atoms with E-state index in [0.717, 1.165) is 27.1 Å². The van der Waals surface area contributed by atoms with E-state index in [9.17, 15) is 19.2 Å². The molecule has 14 nitrogen and oxygen atoms in total. The zero-order chi connectivity index (χ0) is 49.8. The summed E-state index contributed by atoms with van der Waals surface area (Å²) in [6.45, 7) is 10.4. The summed E-state index contributed by atoms with van der Waals surface area (Å²) >= 11 is 0. The molecule has 2 aliphatic rings. The van der Waals surface area contributed by atoms with E-state index in [1.54, 1.807) is 13.8 Å². The smallest absolute Gasteiger partial charge is 0.330 e. The molecule has 3 N–H and O–H groups in total. The number of aromatic nitrogens is 4. The number of hydrogen-bond donors (Lipinski definition) is 3. The van der Waals surface area contributed by atoms with E-state index < -0.39 is 67.2 Å². The average Bonchev–Trinajstić information content (AvgIpc) is 3.98. The van der Waals surface area contributed by atoms with Gasteiger partial charge in [0.25, 0.3) is 19.4 Å². The fourth-order valence-electron chi connectivity index (χ4n) is 10.3. The lowest BCUT2D eigenvalue weighted by Gasteiger charge is -2.45. The summed E-state index contributed by atoms with van der Waals surface area (Å²) in [5.41, 5.74) is 3.68. The summed E-state index contributed by atoms with van der Waals surface area (Å²) in [6, 6.07) is 50.9. The molecule has 2 saturated heterocycles. The van der Waals surface area contributed by atoms with Gasteiger partial charge in [0.1, 0.15) is 24.2 Å². The molecule has 9 rings (SSSR count). The predicted molar refractivity (Wildman–Crippen MR) is 274 cm³/mol. The highest BCUT2D eigenvalue weighted by Crippen LogP contribution is 2.44. The van der Waals surface area contributed by atoms with E-state index in [2.05, 4.69) is 96.9 Å². The van der Waals surface area contributed by atoms with Gasteiger partial charge in [0.2, 0.25) is 0 Å². The number of aryl methyl sites for hydroxylation is 2. The van der Waals surface area contributed by atoms with Crippen LogP contribution in [0.5, 0.6) is 0 Å². The van der Waals surface area contributed by atoms with Crippen LogP contribution in [0.15, 0.2) is 183 Å². The highest BCUT2D eigenvalue weighted by molar-refractivity contribution is 6.99. The minimum atomic E-state index is -3.13. The summed E-state index contributed by atoms with van der Waals surface area (Å²) in [5, 5.41) is 1.83. The summed E-state index contributed by atoms with van der Waals surface area (Å²) in [6.07, 6.45) is 0.507. The van der Waals surface area contributed by atoms with Crippen LogP contribution in [0.25, 0.3) is 0 Å². The maximum absolute atomic E-state index is 13.4. The number of hydroxylamine groups is 1. The lowest BCUT2D eigenvalue weighted by molar-refractivity contribution is -0.0974. The normalized spacial score (nSPS) is 20.6. The molecule has 2 fully saturated rings. The fraction of sp³-hybridized carbons (Fsp3) is 0.321. The number of nitrogens with one attached hydrogen (secondary N) is 3. The Balaban J connectivity index is 1.01. The highest BCUT2D eigenvalue weighted by Gasteiger charge is 2.54. The van der Waals surface area contributed by atoms with Gasteiger partial charge in [0.15, 0.2) is 0 Å². The number of aromatic amines is 2. The Bertz CT molecular complexity index is 2990. The Kier molecular flexibility index (Phi) is 14.6. The predicted octanol–water partition coefficient (Wildman–Crippen LogP) is 6.37. The lowest BCUT2D eigenvalue weighted by Crippen LogP contribution is -2.68. The first-order valence-corrected chi connectivity index (χ1v) is 26.1. The van der Waals surface area contributed by atoms with Crippen LogP contribution in [-0.2, 0) is 29.1 Å². The Morgan fingerprint density at radius 3 is 1.46 bits per heavy atom. The zero-order valence-corrected chi connectivity index (χ0v) is 41.7. The van der Waals surface area contributed by atoms with Crippen molar-refractivity contribution in [2.45, 2.75) is 88.9 Å². The van der Waals surface area contributed by atoms with E-state index >= 15 is 0 Å². The Hall–Kier alpha value is -6.56. The molecule has 5 aromatic carbocycles. The molecule has 0 aliphatic carbocycles. The molecule has 0 bridgehead atoms. The Morgan fingerprint density at radius 1 is 0.592 bits per heavy atom. The van der Waals surface area contributed by atoms with Crippen LogP contribution in [-0.4, -0.2) is 65.5 Å². The summed E-state index contributed by atoms with van der Waals surface area (Å²) in [4.78, 5) is 62.9. The van der Waals surface area contributed by atoms with Gasteiger partial charge in [-0.2, -0.15) is 0 Å². The monoisotopic (exact) mass is 975 g/mol. The van der Waals surface area contributed by atoms with Gasteiger partial charge in [-0.1, -0.05) is 172 Å². The molecule has 7 aromatic rings. The molecule has 0 radical (unpaired) electrons. The van der Waals surface area contributed by atoms with Crippen molar-refractivity contribution in [2.75, 3.05) is 19.8 Å². The van der Waals surface area contributed by atoms with Gasteiger partial charge in [-0.25, -0.2) is 15.1 Å². The Labute approximate surface area is 413 Å². The summed E-state index contributed by atoms with van der Waals surface area (Å²) in [7, 11) is -3.13. The topological polar surface area (TPSA) is 168 Å². The highest BCUT2D eigenvalue weighted by atomic mass is 28.4. The minimum Gasteiger partial charge on any atom is -0.402 e. The van der Waals surface area contributed by atoms with Crippen molar-refractivity contribution in [3.05, 3.63) is 234 Å². The van der Waals surface area contributed by atoms with Crippen molar-refractivity contribution in [1.29, 1.82) is 0 Å². The number of rotatable bonds is 17. The van der Waals surface area contributed by atoms with Crippen LogP contribution in [0.2, 0.25) is 5.04 Å². The van der Waals surface area contributed by atoms with E-state index in [1.807, 2.05) is 91.0 Å². The summed E-state index contributed by atoms with van der Waals surface area (Å²) in [5.74, 6) is -0.261. The van der Waals surface area contributed by atoms with Gasteiger partial charge in [0, 0.05) is 42.4 Å². The van der Waals surface area contributed by atoms with Gasteiger partial charge in [0.05, 0.1) is 25.4 Å². The number of ether oxygens (including phenoxy) is 3. The molecule has 0 amide bonds. The molecule has 0 spiro atoms. The van der Waals surface area contributed by atoms with E-state index in [1.165, 1.54) is 21.5 Å². The molecule has 15 heteroatoms. The molecule has 0 saturated carbocycles. The second-order valence-electron chi connectivity index (χ2n) is 19.5. The standard InChI is InChI=1S/C56H61N5O9Si/c1-38-34-60(53(64)58-51(38)62)49-31-40(47(68-49)36-66-56(41-21-11-6-12-22-41,42-23-13-7-14-24-42)43-25-15-8-16-26-43)33-57-67-37-48-46(32-50(69-48)61-35-39(2)52(63)59-54(61)65)70-71(55(3,4)5,44-27-17-9-18-28-44)45-29-19-10-20-30-45/h6-30,34-35,40,46-50,57H,31-33,36-37H2,1-5H3,(H,58,62,64)(H,59,63,65)/t40-,46+,47-,48-,49-,50-/m1/s1. The van der Waals surface area contributed by atoms with E-state index in [4.69, 9.17) is 23.5 Å². The van der Waals surface area contributed by atoms with Gasteiger partial charge in [-0.15, -0.1) is 0 Å². The largest absolute Gasteiger partial charge is 0.402 e.